The van der Waals surface area contributed by atoms with Crippen LogP contribution in [0.3, 0.4) is 0 Å². The van der Waals surface area contributed by atoms with Gasteiger partial charge in [0.25, 0.3) is 11.7 Å². The van der Waals surface area contributed by atoms with E-state index in [0.29, 0.717) is 50.5 Å². The summed E-state index contributed by atoms with van der Waals surface area (Å²) in [6.45, 7) is 13.0. The molecule has 0 unspecified atom stereocenters. The molecule has 5 rings (SSSR count). The van der Waals surface area contributed by atoms with Gasteiger partial charge in [0, 0.05) is 58.5 Å². The Labute approximate surface area is 488 Å². The van der Waals surface area contributed by atoms with E-state index in [1.165, 1.54) is 95.5 Å². The van der Waals surface area contributed by atoms with Gasteiger partial charge in [-0.15, -0.1) is 0 Å². The molecule has 4 fully saturated rings. The standard InChI is InChI=1S/C67H109NO13/c1-45-29-23-22-24-30-46(2)58(76-8)43-54-36-34-51(7)67(75,81-54)64(72)65(73)68-38-28-27-33-55(68)66(74)80-59(44-56(69)47(3)40-50(6)62(71)63(78-10)61(70)49(5)39-45)48(4)41-52-35-37-57(60(42-52)77-9)79-53-31-25-20-18-16-14-12-11-13-15-17-19-21-26-32-53/h22-24,29-30,40,45,47-49,51-55,57-60,62-63,71,75H,11-21,25-28,31-39,41-44H2,1-10H3/b24-22?,29-23+,46-30?,50-40+/t45-,47-,48-,49-,51-,52+,54+,55+,57-,58+,59+,60-,62-,63+,67-/m1/s1. The molecule has 5 aliphatic rings. The van der Waals surface area contributed by atoms with E-state index in [1.54, 1.807) is 41.1 Å². The van der Waals surface area contributed by atoms with Crippen LogP contribution in [0.4, 0.5) is 0 Å². The lowest BCUT2D eigenvalue weighted by Gasteiger charge is -2.42. The summed E-state index contributed by atoms with van der Waals surface area (Å²) in [5.41, 5.74) is 1.30. The molecule has 0 aromatic heterocycles. The predicted molar refractivity (Wildman–Crippen MR) is 317 cm³/mol. The fourth-order valence-electron chi connectivity index (χ4n) is 13.5. The van der Waals surface area contributed by atoms with Gasteiger partial charge in [-0.3, -0.25) is 19.2 Å². The summed E-state index contributed by atoms with van der Waals surface area (Å²) in [4.78, 5) is 73.3. The highest BCUT2D eigenvalue weighted by Crippen LogP contribution is 2.39. The van der Waals surface area contributed by atoms with Crippen molar-refractivity contribution in [2.45, 2.75) is 282 Å². The van der Waals surface area contributed by atoms with Crippen molar-refractivity contribution >= 4 is 29.2 Å². The Balaban J connectivity index is 1.40. The van der Waals surface area contributed by atoms with Crippen molar-refractivity contribution in [3.8, 4) is 0 Å². The van der Waals surface area contributed by atoms with Crippen molar-refractivity contribution in [1.82, 2.24) is 4.90 Å². The van der Waals surface area contributed by atoms with Crippen LogP contribution < -0.4 is 0 Å². The number of carbonyl (C=O) groups is 5. The van der Waals surface area contributed by atoms with E-state index in [2.05, 4.69) is 0 Å². The molecule has 460 valence electrons. The number of Topliss-reactive ketones (excluding diaryl/α,β-unsaturated/α-hetero) is 3. The third kappa shape index (κ3) is 21.0. The van der Waals surface area contributed by atoms with Crippen LogP contribution in [0.2, 0.25) is 0 Å². The number of hydrogen-bond acceptors (Lipinski definition) is 13. The summed E-state index contributed by atoms with van der Waals surface area (Å²) in [7, 11) is 4.77. The fraction of sp³-hybridized carbons (Fsp3) is 0.806. The average molecular weight is 1140 g/mol. The normalized spacial score (nSPS) is 36.6. The number of aliphatic hydroxyl groups excluding tert-OH is 1. The first kappa shape index (κ1) is 68.4. The van der Waals surface area contributed by atoms with E-state index in [0.717, 1.165) is 37.7 Å². The molecule has 2 saturated heterocycles. The molecule has 14 heteroatoms. The minimum atomic E-state index is -2.43. The summed E-state index contributed by atoms with van der Waals surface area (Å²) in [5.74, 6) is -7.69. The lowest BCUT2D eigenvalue weighted by atomic mass is 9.78. The summed E-state index contributed by atoms with van der Waals surface area (Å²) >= 11 is 0. The van der Waals surface area contributed by atoms with E-state index in [9.17, 15) is 34.2 Å². The van der Waals surface area contributed by atoms with Gasteiger partial charge in [0.2, 0.25) is 5.79 Å². The largest absolute Gasteiger partial charge is 0.460 e. The van der Waals surface area contributed by atoms with Crippen molar-refractivity contribution in [2.75, 3.05) is 27.9 Å². The number of rotatable bonds is 8. The van der Waals surface area contributed by atoms with Crippen molar-refractivity contribution in [3.05, 3.63) is 47.6 Å². The van der Waals surface area contributed by atoms with Gasteiger partial charge in [0.1, 0.15) is 30.1 Å². The van der Waals surface area contributed by atoms with E-state index in [1.807, 2.05) is 58.1 Å². The molecule has 2 N–H and O–H groups in total. The quantitative estimate of drug-likeness (QED) is 0.133. The second-order valence-electron chi connectivity index (χ2n) is 25.5. The van der Waals surface area contributed by atoms with Crippen molar-refractivity contribution in [1.29, 1.82) is 0 Å². The first-order chi connectivity index (χ1) is 38.8. The topological polar surface area (TPSA) is 184 Å². The Hall–Kier alpha value is -3.37. The average Bonchev–Trinajstić information content (AvgIpc) is 3.64. The van der Waals surface area contributed by atoms with E-state index in [4.69, 9.17) is 28.4 Å². The van der Waals surface area contributed by atoms with Crippen LogP contribution in [0.25, 0.3) is 0 Å². The molecule has 0 spiro atoms. The Morgan fingerprint density at radius 2 is 1.32 bits per heavy atom. The number of piperidine rings is 1. The minimum absolute atomic E-state index is 0.0219. The van der Waals surface area contributed by atoms with Gasteiger partial charge in [-0.25, -0.2) is 4.79 Å². The van der Waals surface area contributed by atoms with Crippen LogP contribution in [0.1, 0.15) is 222 Å². The maximum absolute atomic E-state index is 14.8. The van der Waals surface area contributed by atoms with Crippen LogP contribution in [0, 0.1) is 35.5 Å². The Kier molecular flexibility index (Phi) is 29.7. The number of carbonyl (C=O) groups excluding carboxylic acids is 5. The number of methoxy groups -OCH3 is 3. The van der Waals surface area contributed by atoms with E-state index in [-0.39, 0.29) is 67.0 Å². The van der Waals surface area contributed by atoms with Gasteiger partial charge in [0.15, 0.2) is 5.78 Å². The van der Waals surface area contributed by atoms with E-state index >= 15 is 0 Å². The second kappa shape index (κ2) is 35.2. The number of cyclic esters (lactones) is 1. The zero-order valence-corrected chi connectivity index (χ0v) is 51.8. The number of ketones is 3. The van der Waals surface area contributed by atoms with Crippen LogP contribution in [-0.2, 0) is 52.4 Å². The Morgan fingerprint density at radius 3 is 1.94 bits per heavy atom. The molecule has 1 amide bonds. The van der Waals surface area contributed by atoms with Crippen molar-refractivity contribution in [3.63, 3.8) is 0 Å². The highest BCUT2D eigenvalue weighted by molar-refractivity contribution is 6.39. The number of amides is 1. The van der Waals surface area contributed by atoms with Crippen molar-refractivity contribution in [2.24, 2.45) is 35.5 Å². The molecule has 15 atom stereocenters. The molecule has 14 nitrogen and oxygen atoms in total. The first-order valence-electron chi connectivity index (χ1n) is 32.0. The monoisotopic (exact) mass is 1140 g/mol. The molecule has 2 bridgehead atoms. The molecule has 2 saturated carbocycles. The molecule has 81 heavy (non-hydrogen) atoms. The number of allylic oxidation sites excluding steroid dienone is 6. The number of hydrogen-bond donors (Lipinski definition) is 2. The third-order valence-corrected chi connectivity index (χ3v) is 18.9. The van der Waals surface area contributed by atoms with E-state index < -0.39 is 77.8 Å². The van der Waals surface area contributed by atoms with Crippen LogP contribution in [0.5, 0.6) is 0 Å². The highest BCUT2D eigenvalue weighted by atomic mass is 16.6. The van der Waals surface area contributed by atoms with Gasteiger partial charge in [0.05, 0.1) is 30.5 Å². The summed E-state index contributed by atoms with van der Waals surface area (Å²) in [5, 5.41) is 23.7. The zero-order chi connectivity index (χ0) is 59.1. The summed E-state index contributed by atoms with van der Waals surface area (Å²) < 4.78 is 37.5. The fourth-order valence-corrected chi connectivity index (χ4v) is 13.5. The highest BCUT2D eigenvalue weighted by Gasteiger charge is 2.53. The van der Waals surface area contributed by atoms with Crippen LogP contribution in [-0.4, -0.2) is 133 Å². The molecule has 3 heterocycles. The molecule has 0 aromatic carbocycles. The third-order valence-electron chi connectivity index (χ3n) is 18.9. The lowest BCUT2D eigenvalue weighted by Crippen LogP contribution is -2.61. The Morgan fingerprint density at radius 1 is 0.691 bits per heavy atom. The molecule has 3 aliphatic heterocycles. The second-order valence-corrected chi connectivity index (χ2v) is 25.5. The van der Waals surface area contributed by atoms with Gasteiger partial charge < -0.3 is 43.5 Å². The number of ether oxygens (including phenoxy) is 6. The van der Waals surface area contributed by atoms with Gasteiger partial charge in [-0.1, -0.05) is 155 Å². The number of esters is 1. The summed E-state index contributed by atoms with van der Waals surface area (Å²) in [6.07, 6.45) is 32.1. The van der Waals surface area contributed by atoms with Crippen molar-refractivity contribution < 1.29 is 62.6 Å². The van der Waals surface area contributed by atoms with Crippen LogP contribution >= 0.6 is 0 Å². The zero-order valence-electron chi connectivity index (χ0n) is 51.8. The molecule has 0 aromatic rings. The van der Waals surface area contributed by atoms with Gasteiger partial charge in [-0.2, -0.15) is 0 Å². The molecule has 0 radical (unpaired) electrons. The number of aliphatic hydroxyl groups is 2. The van der Waals surface area contributed by atoms with Gasteiger partial charge >= 0.3 is 5.97 Å². The maximum atomic E-state index is 14.8. The SMILES string of the molecule is CO[C@H]1C[C@@H]2CC[C@@H](C)[C@@](O)(O2)C(=O)C(=O)N2CCCC[C@H]2C(=O)O[C@H]([C@H](C)C[C@@H]2CC[C@@H](OC3CCCCCCCCCCCCCCC3)[C@H](OC)C2)CC(=O)[C@H](C)/C=C(\C)[C@@H](O)[C@@H](OC)C(=O)[C@H](C)C[C@H](C)/C=C/C=CC=C1C. The Bertz CT molecular complexity index is 2070. The summed E-state index contributed by atoms with van der Waals surface area (Å²) in [6, 6.07) is -1.13. The van der Waals surface area contributed by atoms with Gasteiger partial charge in [-0.05, 0) is 120 Å². The molecule has 2 aliphatic carbocycles. The number of nitrogens with zero attached hydrogens (tertiary/aromatic N) is 1. The maximum Gasteiger partial charge on any atom is 0.329 e. The first-order valence-corrected chi connectivity index (χ1v) is 32.0. The lowest BCUT2D eigenvalue weighted by molar-refractivity contribution is -0.265. The predicted octanol–water partition coefficient (Wildman–Crippen LogP) is 12.4. The molecular weight excluding hydrogens is 1030 g/mol. The smallest absolute Gasteiger partial charge is 0.329 e. The molecular formula is C67H109NO13. The van der Waals surface area contributed by atoms with Crippen LogP contribution in [0.15, 0.2) is 47.6 Å². The minimum Gasteiger partial charge on any atom is -0.460 e. The number of fused-ring (bicyclic) bond motifs is 3.